The molecule has 0 unspecified atom stereocenters. The van der Waals surface area contributed by atoms with Crippen LogP contribution in [0.15, 0.2) is 41.4 Å². The standard InChI is InChI=1S/C11H8N4S2/c1-2-4-12-8(3-1)9-7-17-11(14-9)15-10-13-5-6-16-10/h1-7H,(H,13,14,15). The molecular weight excluding hydrogens is 252 g/mol. The molecule has 0 saturated carbocycles. The van der Waals surface area contributed by atoms with Crippen molar-refractivity contribution in [1.82, 2.24) is 15.0 Å². The maximum Gasteiger partial charge on any atom is 0.189 e. The molecule has 0 aliphatic heterocycles. The highest BCUT2D eigenvalue weighted by atomic mass is 32.1. The molecule has 6 heteroatoms. The molecule has 3 heterocycles. The Kier molecular flexibility index (Phi) is 2.81. The third kappa shape index (κ3) is 2.32. The summed E-state index contributed by atoms with van der Waals surface area (Å²) in [4.78, 5) is 12.9. The molecule has 0 saturated heterocycles. The Balaban J connectivity index is 1.84. The molecule has 0 fully saturated rings. The van der Waals surface area contributed by atoms with E-state index in [0.29, 0.717) is 0 Å². The van der Waals surface area contributed by atoms with E-state index in [-0.39, 0.29) is 0 Å². The number of thiazole rings is 2. The van der Waals surface area contributed by atoms with Gasteiger partial charge in [0.1, 0.15) is 5.69 Å². The highest BCUT2D eigenvalue weighted by Crippen LogP contribution is 2.26. The Bertz CT molecular complexity index is 589. The predicted molar refractivity (Wildman–Crippen MR) is 70.7 cm³/mol. The van der Waals surface area contributed by atoms with E-state index in [4.69, 9.17) is 0 Å². The molecule has 4 nitrogen and oxygen atoms in total. The number of pyridine rings is 1. The van der Waals surface area contributed by atoms with Gasteiger partial charge >= 0.3 is 0 Å². The lowest BCUT2D eigenvalue weighted by molar-refractivity contribution is 1.27. The lowest BCUT2D eigenvalue weighted by atomic mass is 10.3. The first-order chi connectivity index (χ1) is 8.42. The third-order valence-electron chi connectivity index (χ3n) is 2.08. The van der Waals surface area contributed by atoms with E-state index >= 15 is 0 Å². The summed E-state index contributed by atoms with van der Waals surface area (Å²) in [5.74, 6) is 0. The zero-order valence-corrected chi connectivity index (χ0v) is 10.3. The molecule has 0 aliphatic rings. The van der Waals surface area contributed by atoms with Crippen molar-refractivity contribution in [2.45, 2.75) is 0 Å². The normalized spacial score (nSPS) is 10.4. The van der Waals surface area contributed by atoms with E-state index in [9.17, 15) is 0 Å². The van der Waals surface area contributed by atoms with Crippen molar-refractivity contribution in [2.24, 2.45) is 0 Å². The Morgan fingerprint density at radius 3 is 2.71 bits per heavy atom. The zero-order valence-electron chi connectivity index (χ0n) is 8.70. The first kappa shape index (κ1) is 10.4. The Labute approximate surface area is 106 Å². The first-order valence-electron chi connectivity index (χ1n) is 4.95. The summed E-state index contributed by atoms with van der Waals surface area (Å²) in [6.07, 6.45) is 3.53. The van der Waals surface area contributed by atoms with Gasteiger partial charge in [0.05, 0.1) is 5.69 Å². The van der Waals surface area contributed by atoms with Gasteiger partial charge in [-0.1, -0.05) is 6.07 Å². The van der Waals surface area contributed by atoms with Gasteiger partial charge in [-0.15, -0.1) is 22.7 Å². The van der Waals surface area contributed by atoms with E-state index in [1.165, 1.54) is 0 Å². The van der Waals surface area contributed by atoms with E-state index in [1.807, 2.05) is 29.0 Å². The average molecular weight is 260 g/mol. The number of rotatable bonds is 3. The summed E-state index contributed by atoms with van der Waals surface area (Å²) in [6.45, 7) is 0. The SMILES string of the molecule is c1ccc(-c2csc(Nc3nccs3)n2)nc1. The van der Waals surface area contributed by atoms with Gasteiger partial charge in [-0.3, -0.25) is 4.98 Å². The van der Waals surface area contributed by atoms with Crippen molar-refractivity contribution in [3.8, 4) is 11.4 Å². The second-order valence-electron chi connectivity index (χ2n) is 3.22. The van der Waals surface area contributed by atoms with Crippen LogP contribution in [-0.4, -0.2) is 15.0 Å². The molecule has 0 radical (unpaired) electrons. The highest BCUT2D eigenvalue weighted by Gasteiger charge is 2.05. The van der Waals surface area contributed by atoms with Gasteiger partial charge < -0.3 is 5.32 Å². The van der Waals surface area contributed by atoms with Crippen LogP contribution in [0.5, 0.6) is 0 Å². The largest absolute Gasteiger partial charge is 0.307 e. The lowest BCUT2D eigenvalue weighted by Crippen LogP contribution is -1.88. The van der Waals surface area contributed by atoms with Gasteiger partial charge in [0, 0.05) is 23.2 Å². The molecular formula is C11H8N4S2. The van der Waals surface area contributed by atoms with Crippen molar-refractivity contribution >= 4 is 32.9 Å². The van der Waals surface area contributed by atoms with Crippen molar-refractivity contribution in [3.05, 3.63) is 41.4 Å². The number of nitrogens with one attached hydrogen (secondary N) is 1. The maximum atomic E-state index is 4.47. The van der Waals surface area contributed by atoms with Crippen LogP contribution in [0.1, 0.15) is 0 Å². The number of nitrogens with zero attached hydrogens (tertiary/aromatic N) is 3. The fourth-order valence-electron chi connectivity index (χ4n) is 1.34. The van der Waals surface area contributed by atoms with Gasteiger partial charge in [-0.25, -0.2) is 9.97 Å². The summed E-state index contributed by atoms with van der Waals surface area (Å²) in [6, 6.07) is 5.79. The van der Waals surface area contributed by atoms with Crippen molar-refractivity contribution in [2.75, 3.05) is 5.32 Å². The lowest BCUT2D eigenvalue weighted by Gasteiger charge is -1.95. The average Bonchev–Trinajstić information content (AvgIpc) is 3.02. The van der Waals surface area contributed by atoms with Gasteiger partial charge in [-0.2, -0.15) is 0 Å². The van der Waals surface area contributed by atoms with Crippen LogP contribution in [0.4, 0.5) is 10.3 Å². The van der Waals surface area contributed by atoms with Gasteiger partial charge in [0.15, 0.2) is 10.3 Å². The molecule has 84 valence electrons. The van der Waals surface area contributed by atoms with Gasteiger partial charge in [0.2, 0.25) is 0 Å². The number of anilines is 2. The molecule has 0 aliphatic carbocycles. The maximum absolute atomic E-state index is 4.47. The van der Waals surface area contributed by atoms with Crippen molar-refractivity contribution < 1.29 is 0 Å². The van der Waals surface area contributed by atoms with E-state index in [0.717, 1.165) is 21.7 Å². The van der Waals surface area contributed by atoms with Gasteiger partial charge in [0.25, 0.3) is 0 Å². The highest BCUT2D eigenvalue weighted by molar-refractivity contribution is 7.16. The van der Waals surface area contributed by atoms with Crippen LogP contribution in [-0.2, 0) is 0 Å². The van der Waals surface area contributed by atoms with Crippen molar-refractivity contribution in [3.63, 3.8) is 0 Å². The third-order valence-corrected chi connectivity index (χ3v) is 3.52. The topological polar surface area (TPSA) is 50.7 Å². The molecule has 17 heavy (non-hydrogen) atoms. The zero-order chi connectivity index (χ0) is 11.5. The summed E-state index contributed by atoms with van der Waals surface area (Å²) >= 11 is 3.10. The van der Waals surface area contributed by atoms with Gasteiger partial charge in [-0.05, 0) is 12.1 Å². The van der Waals surface area contributed by atoms with E-state index < -0.39 is 0 Å². The summed E-state index contributed by atoms with van der Waals surface area (Å²) < 4.78 is 0. The molecule has 3 aromatic heterocycles. The number of hydrogen-bond donors (Lipinski definition) is 1. The fourth-order valence-corrected chi connectivity index (χ4v) is 2.64. The summed E-state index contributed by atoms with van der Waals surface area (Å²) in [5.41, 5.74) is 1.77. The van der Waals surface area contributed by atoms with E-state index in [1.54, 1.807) is 35.1 Å². The van der Waals surface area contributed by atoms with E-state index in [2.05, 4.69) is 20.3 Å². The van der Waals surface area contributed by atoms with Crippen LogP contribution < -0.4 is 5.32 Å². The molecule has 0 bridgehead atoms. The quantitative estimate of drug-likeness (QED) is 0.784. The second kappa shape index (κ2) is 4.60. The van der Waals surface area contributed by atoms with Crippen LogP contribution >= 0.6 is 22.7 Å². The fraction of sp³-hybridized carbons (Fsp3) is 0. The monoisotopic (exact) mass is 260 g/mol. The molecule has 0 spiro atoms. The molecule has 3 aromatic rings. The predicted octanol–water partition coefficient (Wildman–Crippen LogP) is 3.41. The minimum absolute atomic E-state index is 0.834. The smallest absolute Gasteiger partial charge is 0.189 e. The summed E-state index contributed by atoms with van der Waals surface area (Å²) in [5, 5.41) is 8.76. The number of hydrogen-bond acceptors (Lipinski definition) is 6. The Morgan fingerprint density at radius 2 is 1.94 bits per heavy atom. The molecule has 0 atom stereocenters. The minimum Gasteiger partial charge on any atom is -0.307 e. The molecule has 1 N–H and O–H groups in total. The van der Waals surface area contributed by atoms with Crippen LogP contribution in [0.2, 0.25) is 0 Å². The second-order valence-corrected chi connectivity index (χ2v) is 4.97. The van der Waals surface area contributed by atoms with Crippen LogP contribution in [0.25, 0.3) is 11.4 Å². The Hall–Kier alpha value is -1.79. The summed E-state index contributed by atoms with van der Waals surface area (Å²) in [7, 11) is 0. The molecule has 0 aromatic carbocycles. The molecule has 0 amide bonds. The Morgan fingerprint density at radius 1 is 0.941 bits per heavy atom. The van der Waals surface area contributed by atoms with Crippen molar-refractivity contribution in [1.29, 1.82) is 0 Å². The first-order valence-corrected chi connectivity index (χ1v) is 6.71. The van der Waals surface area contributed by atoms with Crippen LogP contribution in [0, 0.1) is 0 Å². The minimum atomic E-state index is 0.834. The van der Waals surface area contributed by atoms with Crippen LogP contribution in [0.3, 0.4) is 0 Å². The number of aromatic nitrogens is 3. The molecule has 3 rings (SSSR count).